The second-order valence-corrected chi connectivity index (χ2v) is 8.15. The van der Waals surface area contributed by atoms with Crippen molar-refractivity contribution in [3.63, 3.8) is 0 Å². The Morgan fingerprint density at radius 2 is 1.59 bits per heavy atom. The summed E-state index contributed by atoms with van der Waals surface area (Å²) in [7, 11) is 0. The first-order chi connectivity index (χ1) is 15.5. The van der Waals surface area contributed by atoms with Crippen LogP contribution < -0.4 is 11.1 Å². The average molecular weight is 466 g/mol. The van der Waals surface area contributed by atoms with Crippen LogP contribution in [0.2, 0.25) is 5.02 Å². The van der Waals surface area contributed by atoms with E-state index in [1.807, 2.05) is 0 Å². The lowest BCUT2D eigenvalue weighted by Crippen LogP contribution is -2.25. The first kappa shape index (κ1) is 20.3. The molecule has 5 rings (SSSR count). The van der Waals surface area contributed by atoms with Gasteiger partial charge in [-0.1, -0.05) is 52.8 Å². The summed E-state index contributed by atoms with van der Waals surface area (Å²) >= 11 is 7.09. The van der Waals surface area contributed by atoms with Crippen molar-refractivity contribution in [1.82, 2.24) is 24.5 Å². The highest BCUT2D eigenvalue weighted by Gasteiger charge is 2.15. The molecule has 0 aliphatic rings. The van der Waals surface area contributed by atoms with Crippen molar-refractivity contribution in [1.29, 1.82) is 0 Å². The number of hydrogen-bond acceptors (Lipinski definition) is 6. The molecule has 3 aromatic carbocycles. The van der Waals surface area contributed by atoms with Crippen LogP contribution in [-0.2, 0) is 5.88 Å². The van der Waals surface area contributed by atoms with Crippen LogP contribution in [0.1, 0.15) is 0 Å². The molecule has 0 spiro atoms. The predicted molar refractivity (Wildman–Crippen MR) is 122 cm³/mol. The summed E-state index contributed by atoms with van der Waals surface area (Å²) in [5, 5.41) is 9.09. The highest BCUT2D eigenvalue weighted by atomic mass is 35.5. The van der Waals surface area contributed by atoms with Crippen LogP contribution in [0.4, 0.5) is 4.39 Å². The van der Waals surface area contributed by atoms with Gasteiger partial charge in [0, 0.05) is 0 Å². The molecule has 2 heterocycles. The summed E-state index contributed by atoms with van der Waals surface area (Å²) in [6, 6.07) is 17.8. The maximum Gasteiger partial charge on any atom is 0.278 e. The summed E-state index contributed by atoms with van der Waals surface area (Å²) in [5.74, 6) is -0.527. The molecule has 0 fully saturated rings. The van der Waals surface area contributed by atoms with Crippen molar-refractivity contribution in [3.05, 3.63) is 98.3 Å². The predicted octanol–water partition coefficient (Wildman–Crippen LogP) is 4.03. The summed E-state index contributed by atoms with van der Waals surface area (Å²) in [6.07, 6.45) is 0. The lowest BCUT2D eigenvalue weighted by molar-refractivity contribution is 0.627. The minimum atomic E-state index is -0.593. The van der Waals surface area contributed by atoms with Crippen molar-refractivity contribution >= 4 is 45.2 Å². The number of rotatable bonds is 4. The highest BCUT2D eigenvalue weighted by Crippen LogP contribution is 2.25. The summed E-state index contributed by atoms with van der Waals surface area (Å²) in [6.45, 7) is 0. The van der Waals surface area contributed by atoms with Gasteiger partial charge in [-0.2, -0.15) is 4.68 Å². The van der Waals surface area contributed by atoms with Gasteiger partial charge in [-0.3, -0.25) is 14.2 Å². The van der Waals surface area contributed by atoms with Crippen LogP contribution in [0.5, 0.6) is 0 Å². The molecule has 0 amide bonds. The quantitative estimate of drug-likeness (QED) is 0.294. The molecular weight excluding hydrogens is 453 g/mol. The van der Waals surface area contributed by atoms with E-state index in [2.05, 4.69) is 15.3 Å². The Morgan fingerprint density at radius 1 is 0.906 bits per heavy atom. The van der Waals surface area contributed by atoms with Gasteiger partial charge in [-0.15, -0.1) is 5.10 Å². The molecule has 0 N–H and O–H groups in total. The third kappa shape index (κ3) is 3.55. The monoisotopic (exact) mass is 465 g/mol. The van der Waals surface area contributed by atoms with Crippen LogP contribution in [0.15, 0.2) is 81.5 Å². The normalized spacial score (nSPS) is 11.3. The first-order valence-electron chi connectivity index (χ1n) is 9.45. The molecule has 0 aliphatic carbocycles. The zero-order valence-corrected chi connectivity index (χ0v) is 17.8. The molecule has 0 radical (unpaired) electrons. The number of halogens is 2. The maximum absolute atomic E-state index is 13.7. The SMILES string of the molecule is O=c1c2ccccc2nnn1CSc1nc2ccccc2c(=O)n1-c1ccc(F)c(Cl)c1. The Morgan fingerprint density at radius 3 is 2.34 bits per heavy atom. The van der Waals surface area contributed by atoms with Crippen LogP contribution >= 0.6 is 23.4 Å². The van der Waals surface area contributed by atoms with Crippen molar-refractivity contribution in [2.24, 2.45) is 0 Å². The highest BCUT2D eigenvalue weighted by molar-refractivity contribution is 7.98. The van der Waals surface area contributed by atoms with Crippen molar-refractivity contribution in [2.75, 3.05) is 0 Å². The van der Waals surface area contributed by atoms with E-state index >= 15 is 0 Å². The fourth-order valence-electron chi connectivity index (χ4n) is 3.29. The summed E-state index contributed by atoms with van der Waals surface area (Å²) in [5.41, 5.74) is 0.723. The van der Waals surface area contributed by atoms with Crippen molar-refractivity contribution < 1.29 is 4.39 Å². The fourth-order valence-corrected chi connectivity index (χ4v) is 4.35. The summed E-state index contributed by atoms with van der Waals surface area (Å²) < 4.78 is 16.3. The Kier molecular flexibility index (Phi) is 5.20. The van der Waals surface area contributed by atoms with Gasteiger partial charge in [0.1, 0.15) is 11.3 Å². The molecule has 0 saturated carbocycles. The van der Waals surface area contributed by atoms with E-state index < -0.39 is 5.82 Å². The van der Waals surface area contributed by atoms with E-state index in [-0.39, 0.29) is 22.0 Å². The molecule has 0 bridgehead atoms. The van der Waals surface area contributed by atoms with E-state index in [4.69, 9.17) is 11.6 Å². The molecule has 10 heteroatoms. The third-order valence-electron chi connectivity index (χ3n) is 4.85. The first-order valence-corrected chi connectivity index (χ1v) is 10.8. The van der Waals surface area contributed by atoms with Crippen LogP contribution in [0, 0.1) is 5.82 Å². The molecule has 7 nitrogen and oxygen atoms in total. The van der Waals surface area contributed by atoms with Gasteiger partial charge >= 0.3 is 0 Å². The average Bonchev–Trinajstić information content (AvgIpc) is 2.81. The number of benzene rings is 3. The number of para-hydroxylation sites is 1. The molecule has 0 aliphatic heterocycles. The van der Waals surface area contributed by atoms with Gasteiger partial charge in [0.2, 0.25) is 0 Å². The lowest BCUT2D eigenvalue weighted by Gasteiger charge is -2.14. The van der Waals surface area contributed by atoms with Gasteiger partial charge in [0.25, 0.3) is 11.1 Å². The summed E-state index contributed by atoms with van der Waals surface area (Å²) in [4.78, 5) is 30.6. The van der Waals surface area contributed by atoms with E-state index in [1.165, 1.54) is 27.4 Å². The Hall–Kier alpha value is -3.56. The number of fused-ring (bicyclic) bond motifs is 2. The molecule has 0 unspecified atom stereocenters. The molecule has 0 atom stereocenters. The van der Waals surface area contributed by atoms with E-state index in [0.29, 0.717) is 32.6 Å². The van der Waals surface area contributed by atoms with Crippen LogP contribution in [-0.4, -0.2) is 24.5 Å². The molecule has 5 aromatic rings. The Bertz CT molecular complexity index is 1620. The molecule has 0 saturated heterocycles. The third-order valence-corrected chi connectivity index (χ3v) is 6.05. The second-order valence-electron chi connectivity index (χ2n) is 6.84. The second kappa shape index (κ2) is 8.18. The van der Waals surface area contributed by atoms with Gasteiger partial charge in [-0.05, 0) is 42.5 Å². The zero-order valence-electron chi connectivity index (χ0n) is 16.3. The Labute approximate surface area is 189 Å². The Balaban J connectivity index is 1.63. The maximum atomic E-state index is 13.7. The van der Waals surface area contributed by atoms with E-state index in [1.54, 1.807) is 48.5 Å². The minimum absolute atomic E-state index is 0.0658. The standard InChI is InChI=1S/C22H13ClFN5O2S/c23-16-11-13(9-10-17(16)24)29-21(31)14-5-1-3-7-18(14)25-22(29)32-12-28-20(30)15-6-2-4-8-19(15)26-27-28/h1-11H,12H2. The van der Waals surface area contributed by atoms with E-state index in [0.717, 1.165) is 11.8 Å². The number of nitrogens with zero attached hydrogens (tertiary/aromatic N) is 5. The van der Waals surface area contributed by atoms with Gasteiger partial charge < -0.3 is 0 Å². The molecule has 158 valence electrons. The number of thioether (sulfide) groups is 1. The number of aromatic nitrogens is 5. The van der Waals surface area contributed by atoms with Crippen molar-refractivity contribution in [3.8, 4) is 5.69 Å². The zero-order chi connectivity index (χ0) is 22.2. The largest absolute Gasteiger partial charge is 0.278 e. The van der Waals surface area contributed by atoms with Gasteiger partial charge in [0.15, 0.2) is 5.16 Å². The lowest BCUT2D eigenvalue weighted by atomic mass is 10.2. The molecule has 2 aromatic heterocycles. The fraction of sp³-hybridized carbons (Fsp3) is 0.0455. The molecular formula is C22H13ClFN5O2S. The number of hydrogen-bond donors (Lipinski definition) is 0. The van der Waals surface area contributed by atoms with Crippen LogP contribution in [0.3, 0.4) is 0 Å². The van der Waals surface area contributed by atoms with Gasteiger partial charge in [0.05, 0.1) is 32.9 Å². The smallest absolute Gasteiger partial charge is 0.268 e. The molecule has 32 heavy (non-hydrogen) atoms. The topological polar surface area (TPSA) is 82.7 Å². The minimum Gasteiger partial charge on any atom is -0.268 e. The van der Waals surface area contributed by atoms with Crippen LogP contribution in [0.25, 0.3) is 27.5 Å². The van der Waals surface area contributed by atoms with Crippen molar-refractivity contribution in [2.45, 2.75) is 11.0 Å². The van der Waals surface area contributed by atoms with Gasteiger partial charge in [-0.25, -0.2) is 9.37 Å². The van der Waals surface area contributed by atoms with E-state index in [9.17, 15) is 14.0 Å².